The summed E-state index contributed by atoms with van der Waals surface area (Å²) in [5.41, 5.74) is 1.34. The van der Waals surface area contributed by atoms with Gasteiger partial charge in [0.05, 0.1) is 0 Å². The minimum atomic E-state index is 0.508. The molecule has 0 saturated heterocycles. The van der Waals surface area contributed by atoms with E-state index in [1.54, 1.807) is 0 Å². The molecule has 0 bridgehead atoms. The van der Waals surface area contributed by atoms with Crippen LogP contribution in [0.3, 0.4) is 0 Å². The Labute approximate surface area is 114 Å². The van der Waals surface area contributed by atoms with Gasteiger partial charge in [0.25, 0.3) is 0 Å². The smallest absolute Gasteiger partial charge is 0.0417 e. The van der Waals surface area contributed by atoms with E-state index in [1.807, 2.05) is 17.8 Å². The molecule has 0 unspecified atom stereocenters. The molecule has 1 nitrogen and oxygen atoms in total. The van der Waals surface area contributed by atoms with Crippen molar-refractivity contribution in [2.45, 2.75) is 45.2 Å². The maximum atomic E-state index is 6.06. The van der Waals surface area contributed by atoms with Crippen LogP contribution in [-0.4, -0.2) is 11.8 Å². The van der Waals surface area contributed by atoms with Gasteiger partial charge in [-0.3, -0.25) is 0 Å². The molecule has 3 heteroatoms. The van der Waals surface area contributed by atoms with Crippen molar-refractivity contribution >= 4 is 23.4 Å². The average molecular weight is 272 g/mol. The molecule has 0 aromatic heterocycles. The van der Waals surface area contributed by atoms with E-state index in [0.29, 0.717) is 12.0 Å². The molecular formula is C14H22ClNS. The predicted octanol–water partition coefficient (Wildman–Crippen LogP) is 4.59. The lowest BCUT2D eigenvalue weighted by molar-refractivity contribution is 0.584. The number of halogens is 1. The van der Waals surface area contributed by atoms with Crippen molar-refractivity contribution in [3.8, 4) is 0 Å². The van der Waals surface area contributed by atoms with E-state index in [-0.39, 0.29) is 0 Å². The van der Waals surface area contributed by atoms with Gasteiger partial charge in [0, 0.05) is 28.3 Å². The van der Waals surface area contributed by atoms with Gasteiger partial charge >= 0.3 is 0 Å². The van der Waals surface area contributed by atoms with E-state index >= 15 is 0 Å². The molecule has 96 valence electrons. The van der Waals surface area contributed by atoms with Crippen LogP contribution in [0.4, 0.5) is 0 Å². The molecule has 1 aromatic rings. The zero-order valence-electron chi connectivity index (χ0n) is 11.1. The van der Waals surface area contributed by atoms with Crippen LogP contribution in [0.2, 0.25) is 5.02 Å². The lowest BCUT2D eigenvalue weighted by atomic mass is 10.2. The third-order valence-corrected chi connectivity index (χ3v) is 4.06. The summed E-state index contributed by atoms with van der Waals surface area (Å²) in [7, 11) is 0. The van der Waals surface area contributed by atoms with Gasteiger partial charge in [0.2, 0.25) is 0 Å². The number of rotatable bonds is 6. The first-order valence-electron chi connectivity index (χ1n) is 6.13. The van der Waals surface area contributed by atoms with E-state index in [2.05, 4.69) is 45.1 Å². The molecule has 1 rings (SSSR count). The summed E-state index contributed by atoms with van der Waals surface area (Å²) < 4.78 is 0. The van der Waals surface area contributed by atoms with E-state index in [9.17, 15) is 0 Å². The first-order valence-corrected chi connectivity index (χ1v) is 7.50. The summed E-state index contributed by atoms with van der Waals surface area (Å²) >= 11 is 7.96. The minimum Gasteiger partial charge on any atom is -0.310 e. The summed E-state index contributed by atoms with van der Waals surface area (Å²) in [6.07, 6.45) is 0. The third-order valence-electron chi connectivity index (χ3n) is 2.30. The molecule has 17 heavy (non-hydrogen) atoms. The molecule has 0 spiro atoms. The molecule has 0 aliphatic heterocycles. The molecule has 0 atom stereocenters. The first kappa shape index (κ1) is 14.9. The molecule has 0 heterocycles. The summed E-state index contributed by atoms with van der Waals surface area (Å²) in [5, 5.41) is 4.28. The van der Waals surface area contributed by atoms with Crippen LogP contribution >= 0.6 is 23.4 Å². The highest BCUT2D eigenvalue weighted by Gasteiger charge is 2.06. The van der Waals surface area contributed by atoms with Crippen LogP contribution in [-0.2, 0) is 6.54 Å². The summed E-state index contributed by atoms with van der Waals surface area (Å²) in [5.74, 6) is 1.83. The fourth-order valence-electron chi connectivity index (χ4n) is 1.38. The highest BCUT2D eigenvalue weighted by molar-refractivity contribution is 7.99. The van der Waals surface area contributed by atoms with Crippen molar-refractivity contribution < 1.29 is 0 Å². The van der Waals surface area contributed by atoms with Gasteiger partial charge in [-0.05, 0) is 23.6 Å². The SMILES string of the molecule is CC(C)CSc1cc(Cl)ccc1CNC(C)C. The summed E-state index contributed by atoms with van der Waals surface area (Å²) in [6, 6.07) is 6.68. The fourth-order valence-corrected chi connectivity index (χ4v) is 2.66. The zero-order valence-corrected chi connectivity index (χ0v) is 12.7. The number of thioether (sulfide) groups is 1. The molecule has 1 aromatic carbocycles. The maximum absolute atomic E-state index is 6.06. The van der Waals surface area contributed by atoms with Gasteiger partial charge in [-0.2, -0.15) is 0 Å². The number of nitrogens with one attached hydrogen (secondary N) is 1. The highest BCUT2D eigenvalue weighted by atomic mass is 35.5. The van der Waals surface area contributed by atoms with Gasteiger partial charge in [-0.25, -0.2) is 0 Å². The van der Waals surface area contributed by atoms with Crippen molar-refractivity contribution in [1.29, 1.82) is 0 Å². The molecular weight excluding hydrogens is 250 g/mol. The van der Waals surface area contributed by atoms with Gasteiger partial charge in [-0.15, -0.1) is 11.8 Å². The summed E-state index contributed by atoms with van der Waals surface area (Å²) in [6.45, 7) is 9.72. The number of hydrogen-bond donors (Lipinski definition) is 1. The third kappa shape index (κ3) is 5.80. The van der Waals surface area contributed by atoms with E-state index in [1.165, 1.54) is 10.5 Å². The highest BCUT2D eigenvalue weighted by Crippen LogP contribution is 2.27. The van der Waals surface area contributed by atoms with Crippen molar-refractivity contribution in [1.82, 2.24) is 5.32 Å². The normalized spacial score (nSPS) is 11.5. The van der Waals surface area contributed by atoms with Gasteiger partial charge in [-0.1, -0.05) is 45.4 Å². The van der Waals surface area contributed by atoms with E-state index in [0.717, 1.165) is 17.3 Å². The van der Waals surface area contributed by atoms with Crippen LogP contribution in [0.15, 0.2) is 23.1 Å². The second-order valence-electron chi connectivity index (χ2n) is 4.99. The Kier molecular flexibility index (Phi) is 6.39. The van der Waals surface area contributed by atoms with Gasteiger partial charge in [0.15, 0.2) is 0 Å². The second-order valence-corrected chi connectivity index (χ2v) is 6.49. The van der Waals surface area contributed by atoms with Crippen LogP contribution in [0.1, 0.15) is 33.3 Å². The lowest BCUT2D eigenvalue weighted by Crippen LogP contribution is -2.22. The Morgan fingerprint density at radius 2 is 1.94 bits per heavy atom. The number of benzene rings is 1. The Morgan fingerprint density at radius 3 is 2.53 bits per heavy atom. The van der Waals surface area contributed by atoms with Gasteiger partial charge < -0.3 is 5.32 Å². The van der Waals surface area contributed by atoms with Crippen molar-refractivity contribution in [2.75, 3.05) is 5.75 Å². The Bertz CT molecular complexity index is 350. The molecule has 0 radical (unpaired) electrons. The van der Waals surface area contributed by atoms with Crippen molar-refractivity contribution in [3.05, 3.63) is 28.8 Å². The number of hydrogen-bond acceptors (Lipinski definition) is 2. The van der Waals surface area contributed by atoms with E-state index < -0.39 is 0 Å². The topological polar surface area (TPSA) is 12.0 Å². The second kappa shape index (κ2) is 7.30. The van der Waals surface area contributed by atoms with Gasteiger partial charge in [0.1, 0.15) is 0 Å². The average Bonchev–Trinajstić information content (AvgIpc) is 2.24. The van der Waals surface area contributed by atoms with E-state index in [4.69, 9.17) is 11.6 Å². The molecule has 0 fully saturated rings. The molecule has 0 aliphatic rings. The maximum Gasteiger partial charge on any atom is 0.0417 e. The Hall–Kier alpha value is -0.180. The quantitative estimate of drug-likeness (QED) is 0.760. The minimum absolute atomic E-state index is 0.508. The molecule has 0 saturated carbocycles. The van der Waals surface area contributed by atoms with Crippen LogP contribution in [0, 0.1) is 5.92 Å². The van der Waals surface area contributed by atoms with Crippen LogP contribution in [0.25, 0.3) is 0 Å². The van der Waals surface area contributed by atoms with Crippen LogP contribution < -0.4 is 5.32 Å². The Balaban J connectivity index is 2.72. The Morgan fingerprint density at radius 1 is 1.24 bits per heavy atom. The molecule has 0 aliphatic carbocycles. The lowest BCUT2D eigenvalue weighted by Gasteiger charge is -2.13. The molecule has 0 amide bonds. The largest absolute Gasteiger partial charge is 0.310 e. The monoisotopic (exact) mass is 271 g/mol. The zero-order chi connectivity index (χ0) is 12.8. The van der Waals surface area contributed by atoms with Crippen LogP contribution in [0.5, 0.6) is 0 Å². The molecule has 1 N–H and O–H groups in total. The standard InChI is InChI=1S/C14H22ClNS/c1-10(2)9-17-14-7-13(15)6-5-12(14)8-16-11(3)4/h5-7,10-11,16H,8-9H2,1-4H3. The summed E-state index contributed by atoms with van der Waals surface area (Å²) in [4.78, 5) is 1.30. The first-order chi connectivity index (χ1) is 7.99. The predicted molar refractivity (Wildman–Crippen MR) is 79.0 cm³/mol. The van der Waals surface area contributed by atoms with Crippen molar-refractivity contribution in [3.63, 3.8) is 0 Å². The van der Waals surface area contributed by atoms with Crippen molar-refractivity contribution in [2.24, 2.45) is 5.92 Å². The fraction of sp³-hybridized carbons (Fsp3) is 0.571.